The van der Waals surface area contributed by atoms with Gasteiger partial charge in [0.1, 0.15) is 0 Å². The molecule has 0 spiro atoms. The fourth-order valence-corrected chi connectivity index (χ4v) is 0. The highest BCUT2D eigenvalue weighted by Gasteiger charge is 1.51. The summed E-state index contributed by atoms with van der Waals surface area (Å²) in [5.74, 6) is 0. The molecule has 0 aromatic carbocycles. The Kier molecular flexibility index (Phi) is 251. The minimum absolute atomic E-state index is 1.17. The monoisotopic (exact) mass is 242 g/mol. The van der Waals surface area contributed by atoms with E-state index in [0.717, 1.165) is 0 Å². The van der Waals surface area contributed by atoms with Crippen molar-refractivity contribution in [3.8, 4) is 0 Å². The second-order valence-electron chi connectivity index (χ2n) is 2.73. The normalized spacial score (nSPS) is 4.71. The van der Waals surface area contributed by atoms with E-state index < -0.39 is 0 Å². The van der Waals surface area contributed by atoms with Crippen molar-refractivity contribution in [2.24, 2.45) is 0 Å². The Balaban J connectivity index is -0.0000000218. The maximum Gasteiger partial charge on any atom is -0.0445 e. The fourth-order valence-electron chi connectivity index (χ4n) is 0. The van der Waals surface area contributed by atoms with Crippen LogP contribution in [0.5, 0.6) is 0 Å². The third kappa shape index (κ3) is 2320. The van der Waals surface area contributed by atoms with Crippen molar-refractivity contribution in [3.63, 3.8) is 0 Å². The van der Waals surface area contributed by atoms with Crippen molar-refractivity contribution in [1.29, 1.82) is 0 Å². The van der Waals surface area contributed by atoms with Crippen LogP contribution in [0.1, 0.15) is 61.8 Å². The van der Waals surface area contributed by atoms with Gasteiger partial charge >= 0.3 is 0 Å². The Hall–Kier alpha value is -1.04. The van der Waals surface area contributed by atoms with Crippen LogP contribution in [0.3, 0.4) is 0 Å². The Morgan fingerprint density at radius 3 is 0.882 bits per heavy atom. The van der Waals surface area contributed by atoms with Crippen LogP contribution >= 0.6 is 0 Å². The van der Waals surface area contributed by atoms with E-state index in [0.29, 0.717) is 0 Å². The van der Waals surface area contributed by atoms with Gasteiger partial charge in [-0.15, -0.1) is 32.9 Å². The molecule has 0 atom stereocenters. The molecule has 0 fully saturated rings. The molecular weight excluding hydrogens is 204 g/mol. The molecule has 0 saturated carbocycles. The Labute approximate surface area is 113 Å². The minimum atomic E-state index is 1.17. The highest BCUT2D eigenvalue weighted by atomic mass is 13.6. The predicted octanol–water partition coefficient (Wildman–Crippen LogP) is 7.21. The van der Waals surface area contributed by atoms with Gasteiger partial charge < -0.3 is 0 Å². The molecule has 0 bridgehead atoms. The summed E-state index contributed by atoms with van der Waals surface area (Å²) >= 11 is 0. The van der Waals surface area contributed by atoms with Crippen LogP contribution < -0.4 is 0 Å². The predicted molar refractivity (Wildman–Crippen MR) is 90.8 cm³/mol. The molecule has 0 rings (SSSR count). The van der Waals surface area contributed by atoms with Crippen molar-refractivity contribution < 1.29 is 0 Å². The average molecular weight is 242 g/mol. The summed E-state index contributed by atoms with van der Waals surface area (Å²) < 4.78 is 0. The standard InChI is InChI=1S/C4H8.C3H8.2C3H6.C2H6.C2H4/c1-4(2)3;3*1-3-2;2*1-2/h1H2,2-3H3;3H2,1-2H3;2*3H,1H2,2H3;1-2H3;1-2H2. The first-order chi connectivity index (χ1) is 7.97. The molecule has 0 heterocycles. The van der Waals surface area contributed by atoms with Crippen LogP contribution in [0.2, 0.25) is 0 Å². The van der Waals surface area contributed by atoms with Crippen LogP contribution in [-0.2, 0) is 0 Å². The molecule has 0 radical (unpaired) electrons. The molecule has 0 aliphatic rings. The third-order valence-electron chi connectivity index (χ3n) is 0. The van der Waals surface area contributed by atoms with Gasteiger partial charge in [-0.25, -0.2) is 0 Å². The van der Waals surface area contributed by atoms with Gasteiger partial charge in [-0.2, -0.15) is 0 Å². The number of hydrogen-bond acceptors (Lipinski definition) is 0. The molecule has 0 heteroatoms. The SMILES string of the molecule is C=C.C=C(C)C.C=CC.C=CC.CC.CCC. The molecule has 0 aromatic rings. The van der Waals surface area contributed by atoms with Crippen LogP contribution in [-0.4, -0.2) is 0 Å². The first kappa shape index (κ1) is 36.0. The molecule has 0 nitrogen and oxygen atoms in total. The van der Waals surface area contributed by atoms with Crippen molar-refractivity contribution >= 4 is 0 Å². The minimum Gasteiger partial charge on any atom is -0.106 e. The maximum absolute atomic E-state index is 3.56. The molecule has 0 unspecified atom stereocenters. The Morgan fingerprint density at radius 2 is 0.882 bits per heavy atom. The van der Waals surface area contributed by atoms with Crippen molar-refractivity contribution in [2.45, 2.75) is 61.8 Å². The van der Waals surface area contributed by atoms with E-state index in [1.807, 2.05) is 41.5 Å². The Morgan fingerprint density at radius 1 is 0.882 bits per heavy atom. The second-order valence-corrected chi connectivity index (χ2v) is 2.73. The average Bonchev–Trinajstić information content (AvgIpc) is 2.25. The molecule has 0 aliphatic carbocycles. The highest BCUT2D eigenvalue weighted by molar-refractivity contribution is 4.78. The van der Waals surface area contributed by atoms with E-state index in [9.17, 15) is 0 Å². The summed E-state index contributed by atoms with van der Waals surface area (Å²) in [6.45, 7) is 32.2. The number of hydrogen-bond donors (Lipinski definition) is 0. The van der Waals surface area contributed by atoms with Gasteiger partial charge in [0.15, 0.2) is 0 Å². The summed E-state index contributed by atoms with van der Waals surface area (Å²) in [6, 6.07) is 0. The van der Waals surface area contributed by atoms with Gasteiger partial charge in [0, 0.05) is 0 Å². The molecule has 0 saturated heterocycles. The molecular formula is C17H38. The van der Waals surface area contributed by atoms with Gasteiger partial charge in [0.05, 0.1) is 0 Å². The largest absolute Gasteiger partial charge is 0.106 e. The smallest absolute Gasteiger partial charge is 0.0445 e. The van der Waals surface area contributed by atoms with Crippen molar-refractivity contribution in [1.82, 2.24) is 0 Å². The lowest BCUT2D eigenvalue weighted by Crippen LogP contribution is -1.43. The summed E-state index contributed by atoms with van der Waals surface area (Å²) in [5, 5.41) is 0. The van der Waals surface area contributed by atoms with Crippen molar-refractivity contribution in [2.75, 3.05) is 0 Å². The first-order valence-electron chi connectivity index (χ1n) is 6.24. The topological polar surface area (TPSA) is 0 Å². The van der Waals surface area contributed by atoms with E-state index in [-0.39, 0.29) is 0 Å². The lowest BCUT2D eigenvalue weighted by molar-refractivity contribution is 1.09. The fraction of sp³-hybridized carbons (Fsp3) is 0.529. The lowest BCUT2D eigenvalue weighted by Gasteiger charge is -1.65. The maximum atomic E-state index is 3.56. The first-order valence-corrected chi connectivity index (χ1v) is 6.24. The van der Waals surface area contributed by atoms with Crippen LogP contribution in [0.25, 0.3) is 0 Å². The molecule has 0 aromatic heterocycles. The molecule has 0 N–H and O–H groups in total. The van der Waals surface area contributed by atoms with Crippen molar-refractivity contribution in [3.05, 3.63) is 50.6 Å². The second kappa shape index (κ2) is 119. The van der Waals surface area contributed by atoms with Gasteiger partial charge in [-0.1, -0.05) is 51.8 Å². The van der Waals surface area contributed by atoms with E-state index in [1.165, 1.54) is 12.0 Å². The van der Waals surface area contributed by atoms with Gasteiger partial charge in [0.2, 0.25) is 0 Å². The molecule has 0 aliphatic heterocycles. The highest BCUT2D eigenvalue weighted by Crippen LogP contribution is 1.73. The van der Waals surface area contributed by atoms with Gasteiger partial charge in [-0.3, -0.25) is 0 Å². The number of allylic oxidation sites excluding steroid dienone is 3. The zero-order valence-electron chi connectivity index (χ0n) is 13.9. The van der Waals surface area contributed by atoms with E-state index >= 15 is 0 Å². The Bertz CT molecular complexity index is 88.6. The number of rotatable bonds is 0. The van der Waals surface area contributed by atoms with E-state index in [1.54, 1.807) is 12.2 Å². The van der Waals surface area contributed by atoms with Gasteiger partial charge in [0.25, 0.3) is 0 Å². The summed E-state index contributed by atoms with van der Waals surface area (Å²) in [7, 11) is 0. The summed E-state index contributed by atoms with van der Waals surface area (Å²) in [4.78, 5) is 0. The quantitative estimate of drug-likeness (QED) is 0.394. The zero-order valence-corrected chi connectivity index (χ0v) is 13.9. The molecule has 17 heavy (non-hydrogen) atoms. The van der Waals surface area contributed by atoms with E-state index in [2.05, 4.69) is 46.7 Å². The van der Waals surface area contributed by atoms with Crippen LogP contribution in [0.4, 0.5) is 0 Å². The molecule has 0 amide bonds. The summed E-state index contributed by atoms with van der Waals surface area (Å²) in [5.41, 5.74) is 1.17. The van der Waals surface area contributed by atoms with Gasteiger partial charge in [-0.05, 0) is 27.7 Å². The summed E-state index contributed by atoms with van der Waals surface area (Å²) in [6.07, 6.45) is 4.75. The zero-order chi connectivity index (χ0) is 15.7. The van der Waals surface area contributed by atoms with E-state index in [4.69, 9.17) is 0 Å². The molecule has 106 valence electrons. The third-order valence-corrected chi connectivity index (χ3v) is 0. The lowest BCUT2D eigenvalue weighted by atomic mass is 10.4. The van der Waals surface area contributed by atoms with Crippen LogP contribution in [0, 0.1) is 0 Å². The van der Waals surface area contributed by atoms with Crippen LogP contribution in [0.15, 0.2) is 50.6 Å².